The number of aliphatic hydroxyl groups is 1. The Kier molecular flexibility index (Phi) is 4.58. The monoisotopic (exact) mass is 305 g/mol. The highest BCUT2D eigenvalue weighted by Crippen LogP contribution is 2.26. The van der Waals surface area contributed by atoms with Crippen LogP contribution in [0, 0.1) is 5.92 Å². The minimum atomic E-state index is 0.313. The van der Waals surface area contributed by atoms with Crippen LogP contribution in [0.15, 0.2) is 30.5 Å². The number of nitrogens with zero attached hydrogens (tertiary/aromatic N) is 2. The molecule has 3 rings (SSSR count). The second-order valence-corrected chi connectivity index (χ2v) is 6.12. The third-order valence-corrected chi connectivity index (χ3v) is 4.43. The molecular formula is C16H20ClN3O. The van der Waals surface area contributed by atoms with Crippen LogP contribution in [0.4, 0.5) is 0 Å². The Morgan fingerprint density at radius 3 is 2.86 bits per heavy atom. The maximum absolute atomic E-state index is 9.21. The lowest BCUT2D eigenvalue weighted by atomic mass is 9.97. The highest BCUT2D eigenvalue weighted by atomic mass is 35.5. The van der Waals surface area contributed by atoms with Crippen molar-refractivity contribution in [2.24, 2.45) is 5.92 Å². The van der Waals surface area contributed by atoms with E-state index in [1.165, 1.54) is 5.56 Å². The fourth-order valence-corrected chi connectivity index (χ4v) is 3.08. The average molecular weight is 306 g/mol. The molecule has 1 saturated heterocycles. The van der Waals surface area contributed by atoms with Gasteiger partial charge in [-0.3, -0.25) is 10.00 Å². The van der Waals surface area contributed by atoms with E-state index in [2.05, 4.69) is 15.1 Å². The van der Waals surface area contributed by atoms with Gasteiger partial charge in [0.25, 0.3) is 0 Å². The molecule has 0 spiro atoms. The fraction of sp³-hybridized carbons (Fsp3) is 0.438. The first-order chi connectivity index (χ1) is 10.3. The van der Waals surface area contributed by atoms with Crippen LogP contribution in [0.3, 0.4) is 0 Å². The maximum Gasteiger partial charge on any atom is 0.0695 e. The van der Waals surface area contributed by atoms with Crippen molar-refractivity contribution >= 4 is 11.6 Å². The molecule has 5 heteroatoms. The number of rotatable bonds is 4. The number of piperidine rings is 1. The molecule has 0 amide bonds. The van der Waals surface area contributed by atoms with Gasteiger partial charge in [-0.1, -0.05) is 23.7 Å². The van der Waals surface area contributed by atoms with Gasteiger partial charge in [-0.2, -0.15) is 5.10 Å². The Bertz CT molecular complexity index is 591. The summed E-state index contributed by atoms with van der Waals surface area (Å²) in [6, 6.07) is 7.83. The lowest BCUT2D eigenvalue weighted by Gasteiger charge is -2.30. The predicted molar refractivity (Wildman–Crippen MR) is 84.1 cm³/mol. The van der Waals surface area contributed by atoms with Gasteiger partial charge in [0.1, 0.15) is 0 Å². The number of aromatic nitrogens is 2. The van der Waals surface area contributed by atoms with E-state index < -0.39 is 0 Å². The number of aromatic amines is 1. The molecule has 0 unspecified atom stereocenters. The molecule has 2 aromatic rings. The minimum absolute atomic E-state index is 0.313. The molecule has 21 heavy (non-hydrogen) atoms. The van der Waals surface area contributed by atoms with Crippen molar-refractivity contribution in [1.29, 1.82) is 0 Å². The van der Waals surface area contributed by atoms with E-state index in [1.54, 1.807) is 0 Å². The summed E-state index contributed by atoms with van der Waals surface area (Å²) in [6.07, 6.45) is 4.04. The van der Waals surface area contributed by atoms with Crippen LogP contribution < -0.4 is 0 Å². The van der Waals surface area contributed by atoms with Gasteiger partial charge in [-0.25, -0.2) is 0 Å². The number of nitrogens with one attached hydrogen (secondary N) is 1. The summed E-state index contributed by atoms with van der Waals surface area (Å²) in [5.74, 6) is 0.470. The van der Waals surface area contributed by atoms with Crippen LogP contribution in [0.25, 0.3) is 11.3 Å². The zero-order chi connectivity index (χ0) is 14.7. The van der Waals surface area contributed by atoms with E-state index in [0.717, 1.165) is 48.8 Å². The van der Waals surface area contributed by atoms with Crippen LogP contribution in [0.1, 0.15) is 18.4 Å². The molecule has 2 heterocycles. The SMILES string of the molecule is OCC1CCN(Cc2cn[nH]c2-c2cccc(Cl)c2)CC1. The first kappa shape index (κ1) is 14.6. The minimum Gasteiger partial charge on any atom is -0.396 e. The second kappa shape index (κ2) is 6.60. The maximum atomic E-state index is 9.21. The van der Waals surface area contributed by atoms with Crippen LogP contribution in [0.5, 0.6) is 0 Å². The Balaban J connectivity index is 1.72. The number of benzene rings is 1. The smallest absolute Gasteiger partial charge is 0.0695 e. The van der Waals surface area contributed by atoms with Crippen LogP contribution >= 0.6 is 11.6 Å². The molecule has 0 aliphatic carbocycles. The summed E-state index contributed by atoms with van der Waals surface area (Å²) in [5.41, 5.74) is 3.31. The summed E-state index contributed by atoms with van der Waals surface area (Å²) in [6.45, 7) is 3.26. The summed E-state index contributed by atoms with van der Waals surface area (Å²) in [7, 11) is 0. The fourth-order valence-electron chi connectivity index (χ4n) is 2.89. The van der Waals surface area contributed by atoms with Gasteiger partial charge in [0, 0.05) is 29.3 Å². The molecule has 0 saturated carbocycles. The first-order valence-electron chi connectivity index (χ1n) is 7.37. The highest BCUT2D eigenvalue weighted by Gasteiger charge is 2.20. The van der Waals surface area contributed by atoms with Gasteiger partial charge < -0.3 is 5.11 Å². The van der Waals surface area contributed by atoms with Crippen LogP contribution in [-0.2, 0) is 6.54 Å². The second-order valence-electron chi connectivity index (χ2n) is 5.68. The van der Waals surface area contributed by atoms with Gasteiger partial charge >= 0.3 is 0 Å². The lowest BCUT2D eigenvalue weighted by molar-refractivity contribution is 0.127. The average Bonchev–Trinajstić information content (AvgIpc) is 2.96. The Morgan fingerprint density at radius 1 is 1.33 bits per heavy atom. The van der Waals surface area contributed by atoms with Crippen LogP contribution in [-0.4, -0.2) is 39.9 Å². The molecule has 2 N–H and O–H groups in total. The van der Waals surface area contributed by atoms with Gasteiger partial charge in [-0.15, -0.1) is 0 Å². The first-order valence-corrected chi connectivity index (χ1v) is 7.75. The van der Waals surface area contributed by atoms with E-state index in [0.29, 0.717) is 12.5 Å². The normalized spacial score (nSPS) is 17.2. The molecule has 1 aromatic carbocycles. The third kappa shape index (κ3) is 3.46. The molecule has 1 aliphatic heterocycles. The molecule has 0 radical (unpaired) electrons. The van der Waals surface area contributed by atoms with Crippen LogP contribution in [0.2, 0.25) is 5.02 Å². The molecule has 1 fully saturated rings. The summed E-state index contributed by atoms with van der Waals surface area (Å²) < 4.78 is 0. The van der Waals surface area contributed by atoms with Crippen molar-refractivity contribution in [1.82, 2.24) is 15.1 Å². The summed E-state index contributed by atoms with van der Waals surface area (Å²) in [4.78, 5) is 2.42. The van der Waals surface area contributed by atoms with Crippen molar-refractivity contribution in [3.05, 3.63) is 41.0 Å². The van der Waals surface area contributed by atoms with Gasteiger partial charge in [-0.05, 0) is 44.0 Å². The Labute approximate surface area is 129 Å². The van der Waals surface area contributed by atoms with Crippen molar-refractivity contribution in [2.45, 2.75) is 19.4 Å². The third-order valence-electron chi connectivity index (χ3n) is 4.19. The molecule has 1 aromatic heterocycles. The van der Waals surface area contributed by atoms with Crippen molar-refractivity contribution in [3.63, 3.8) is 0 Å². The topological polar surface area (TPSA) is 52.1 Å². The molecular weight excluding hydrogens is 286 g/mol. The number of hydrogen-bond donors (Lipinski definition) is 2. The van der Waals surface area contributed by atoms with Gasteiger partial charge in [0.2, 0.25) is 0 Å². The number of aliphatic hydroxyl groups excluding tert-OH is 1. The quantitative estimate of drug-likeness (QED) is 0.913. The summed E-state index contributed by atoms with van der Waals surface area (Å²) >= 11 is 6.07. The molecule has 1 aliphatic rings. The molecule has 0 atom stereocenters. The Hall–Kier alpha value is -1.36. The summed E-state index contributed by atoms with van der Waals surface area (Å²) in [5, 5.41) is 17.2. The number of hydrogen-bond acceptors (Lipinski definition) is 3. The number of H-pyrrole nitrogens is 1. The molecule has 4 nitrogen and oxygen atoms in total. The zero-order valence-corrected chi connectivity index (χ0v) is 12.7. The zero-order valence-electron chi connectivity index (χ0n) is 11.9. The van der Waals surface area contributed by atoms with E-state index in [4.69, 9.17) is 11.6 Å². The van der Waals surface area contributed by atoms with Gasteiger partial charge in [0.05, 0.1) is 11.9 Å². The van der Waals surface area contributed by atoms with E-state index >= 15 is 0 Å². The molecule has 0 bridgehead atoms. The van der Waals surface area contributed by atoms with Crippen molar-refractivity contribution in [3.8, 4) is 11.3 Å². The van der Waals surface area contributed by atoms with E-state index in [1.807, 2.05) is 30.5 Å². The van der Waals surface area contributed by atoms with Gasteiger partial charge in [0.15, 0.2) is 0 Å². The van der Waals surface area contributed by atoms with E-state index in [9.17, 15) is 5.11 Å². The van der Waals surface area contributed by atoms with Crippen molar-refractivity contribution < 1.29 is 5.11 Å². The highest BCUT2D eigenvalue weighted by molar-refractivity contribution is 6.30. The predicted octanol–water partition coefficient (Wildman–Crippen LogP) is 2.93. The lowest BCUT2D eigenvalue weighted by Crippen LogP contribution is -2.34. The molecule has 112 valence electrons. The number of likely N-dealkylation sites (tertiary alicyclic amines) is 1. The largest absolute Gasteiger partial charge is 0.396 e. The van der Waals surface area contributed by atoms with Crippen molar-refractivity contribution in [2.75, 3.05) is 19.7 Å². The van der Waals surface area contributed by atoms with E-state index in [-0.39, 0.29) is 0 Å². The Morgan fingerprint density at radius 2 is 2.14 bits per heavy atom. The standard InChI is InChI=1S/C16H20ClN3O/c17-15-3-1-2-13(8-15)16-14(9-18-19-16)10-20-6-4-12(11-21)5-7-20/h1-3,8-9,12,21H,4-7,10-11H2,(H,18,19). The number of halogens is 1.